The quantitative estimate of drug-likeness (QED) is 0.579. The van der Waals surface area contributed by atoms with Gasteiger partial charge < -0.3 is 9.84 Å². The minimum atomic E-state index is -0.754. The van der Waals surface area contributed by atoms with Gasteiger partial charge in [0.05, 0.1) is 0 Å². The average Bonchev–Trinajstić information content (AvgIpc) is 2.34. The van der Waals surface area contributed by atoms with Crippen molar-refractivity contribution < 1.29 is 9.84 Å². The summed E-state index contributed by atoms with van der Waals surface area (Å²) >= 11 is 0. The van der Waals surface area contributed by atoms with Crippen LogP contribution < -0.4 is 0 Å². The van der Waals surface area contributed by atoms with Crippen LogP contribution in [0.5, 0.6) is 0 Å². The highest BCUT2D eigenvalue weighted by Crippen LogP contribution is 2.28. The summed E-state index contributed by atoms with van der Waals surface area (Å²) < 4.78 is 4.85. The molecule has 0 aromatic heterocycles. The zero-order valence-electron chi connectivity index (χ0n) is 5.32. The van der Waals surface area contributed by atoms with E-state index in [-0.39, 0.29) is 0 Å². The number of hydrogen-bond acceptors (Lipinski definition) is 2. The fourth-order valence-corrected chi connectivity index (χ4v) is 1.05. The van der Waals surface area contributed by atoms with Gasteiger partial charge in [-0.15, -0.1) is 0 Å². The molecule has 1 heterocycles. The molecular formula is C8H7O2. The second-order valence-corrected chi connectivity index (χ2v) is 2.24. The van der Waals surface area contributed by atoms with Crippen LogP contribution in [0.2, 0.25) is 0 Å². The monoisotopic (exact) mass is 135 g/mol. The van der Waals surface area contributed by atoms with E-state index in [1.807, 2.05) is 24.3 Å². The predicted octanol–water partition coefficient (Wildman–Crippen LogP) is 1.22. The highest BCUT2D eigenvalue weighted by Gasteiger charge is 2.19. The normalized spacial score (nSPS) is 22.7. The van der Waals surface area contributed by atoms with E-state index in [0.29, 0.717) is 0 Å². The van der Waals surface area contributed by atoms with Gasteiger partial charge in [0.15, 0.2) is 6.29 Å². The number of fused-ring (bicyclic) bond motifs is 1. The molecule has 10 heavy (non-hydrogen) atoms. The summed E-state index contributed by atoms with van der Waals surface area (Å²) in [5.74, 6) is 0. The van der Waals surface area contributed by atoms with E-state index in [0.717, 1.165) is 11.1 Å². The number of aliphatic hydroxyl groups excluding tert-OH is 1. The summed E-state index contributed by atoms with van der Waals surface area (Å²) in [5.41, 5.74) is 1.82. The summed E-state index contributed by atoms with van der Waals surface area (Å²) in [7, 11) is 0. The van der Waals surface area contributed by atoms with Crippen LogP contribution in [0.25, 0.3) is 0 Å². The van der Waals surface area contributed by atoms with Crippen molar-refractivity contribution in [1.82, 2.24) is 0 Å². The van der Waals surface area contributed by atoms with Crippen LogP contribution in [-0.4, -0.2) is 5.11 Å². The van der Waals surface area contributed by atoms with Gasteiger partial charge in [-0.3, -0.25) is 0 Å². The van der Waals surface area contributed by atoms with Crippen molar-refractivity contribution in [3.05, 3.63) is 42.0 Å². The van der Waals surface area contributed by atoms with Gasteiger partial charge in [-0.1, -0.05) is 24.3 Å². The van der Waals surface area contributed by atoms with Gasteiger partial charge in [-0.25, -0.2) is 0 Å². The van der Waals surface area contributed by atoms with Crippen molar-refractivity contribution >= 4 is 0 Å². The van der Waals surface area contributed by atoms with Crippen LogP contribution in [0.3, 0.4) is 0 Å². The molecule has 1 aliphatic rings. The Morgan fingerprint density at radius 3 is 2.90 bits per heavy atom. The van der Waals surface area contributed by atoms with Crippen molar-refractivity contribution in [3.63, 3.8) is 0 Å². The maximum atomic E-state index is 9.13. The molecule has 0 spiro atoms. The molecule has 1 aromatic carbocycles. The maximum absolute atomic E-state index is 9.13. The molecule has 0 bridgehead atoms. The van der Waals surface area contributed by atoms with E-state index < -0.39 is 6.29 Å². The summed E-state index contributed by atoms with van der Waals surface area (Å²) in [6, 6.07) is 7.55. The standard InChI is InChI=1S/C8H7O2/c9-8-7-4-2-1-3-6(7)5-10-8/h1-5,8-9H. The van der Waals surface area contributed by atoms with Gasteiger partial charge in [0.2, 0.25) is 0 Å². The van der Waals surface area contributed by atoms with Gasteiger partial charge in [0.25, 0.3) is 0 Å². The van der Waals surface area contributed by atoms with Gasteiger partial charge in [-0.05, 0) is 5.56 Å². The lowest BCUT2D eigenvalue weighted by Crippen LogP contribution is -1.90. The minimum Gasteiger partial charge on any atom is -0.364 e. The molecule has 0 aliphatic carbocycles. The first-order valence-corrected chi connectivity index (χ1v) is 3.13. The van der Waals surface area contributed by atoms with Crippen LogP contribution >= 0.6 is 0 Å². The fourth-order valence-electron chi connectivity index (χ4n) is 1.05. The summed E-state index contributed by atoms with van der Waals surface area (Å²) in [5, 5.41) is 9.13. The Labute approximate surface area is 59.1 Å². The Balaban J connectivity index is 2.51. The van der Waals surface area contributed by atoms with E-state index in [1.54, 1.807) is 6.61 Å². The number of ether oxygens (including phenoxy) is 1. The van der Waals surface area contributed by atoms with Gasteiger partial charge >= 0.3 is 0 Å². The zero-order valence-corrected chi connectivity index (χ0v) is 5.32. The van der Waals surface area contributed by atoms with Gasteiger partial charge in [0, 0.05) is 5.56 Å². The van der Waals surface area contributed by atoms with Gasteiger partial charge in [0.1, 0.15) is 6.61 Å². The third-order valence-electron chi connectivity index (χ3n) is 1.59. The second kappa shape index (κ2) is 2.08. The first-order chi connectivity index (χ1) is 4.88. The highest BCUT2D eigenvalue weighted by atomic mass is 16.6. The Morgan fingerprint density at radius 2 is 2.10 bits per heavy atom. The molecule has 1 radical (unpaired) electrons. The lowest BCUT2D eigenvalue weighted by molar-refractivity contribution is -0.0538. The number of hydrogen-bond donors (Lipinski definition) is 1. The maximum Gasteiger partial charge on any atom is 0.182 e. The smallest absolute Gasteiger partial charge is 0.182 e. The van der Waals surface area contributed by atoms with E-state index in [2.05, 4.69) is 0 Å². The third kappa shape index (κ3) is 0.735. The molecule has 0 fully saturated rings. The predicted molar refractivity (Wildman–Crippen MR) is 35.9 cm³/mol. The zero-order chi connectivity index (χ0) is 6.97. The number of aliphatic hydroxyl groups is 1. The van der Waals surface area contributed by atoms with Crippen molar-refractivity contribution in [2.24, 2.45) is 0 Å². The summed E-state index contributed by atoms with van der Waals surface area (Å²) in [6.07, 6.45) is -0.754. The molecule has 1 N–H and O–H groups in total. The Kier molecular flexibility index (Phi) is 1.22. The molecule has 51 valence electrons. The molecule has 0 saturated carbocycles. The molecule has 0 amide bonds. The Hall–Kier alpha value is -0.860. The van der Waals surface area contributed by atoms with Crippen LogP contribution in [0.1, 0.15) is 17.4 Å². The summed E-state index contributed by atoms with van der Waals surface area (Å²) in [6.45, 7) is 1.57. The summed E-state index contributed by atoms with van der Waals surface area (Å²) in [4.78, 5) is 0. The molecule has 2 rings (SSSR count). The minimum absolute atomic E-state index is 0.754. The van der Waals surface area contributed by atoms with E-state index in [9.17, 15) is 0 Å². The van der Waals surface area contributed by atoms with E-state index in [4.69, 9.17) is 9.84 Å². The van der Waals surface area contributed by atoms with Crippen LogP contribution in [0.4, 0.5) is 0 Å². The molecule has 2 heteroatoms. The topological polar surface area (TPSA) is 29.5 Å². The first kappa shape index (κ1) is 5.89. The third-order valence-corrected chi connectivity index (χ3v) is 1.59. The Morgan fingerprint density at radius 1 is 1.30 bits per heavy atom. The fraction of sp³-hybridized carbons (Fsp3) is 0.125. The number of rotatable bonds is 0. The molecule has 1 unspecified atom stereocenters. The molecule has 1 atom stereocenters. The van der Waals surface area contributed by atoms with E-state index >= 15 is 0 Å². The lowest BCUT2D eigenvalue weighted by Gasteiger charge is -1.99. The largest absolute Gasteiger partial charge is 0.364 e. The van der Waals surface area contributed by atoms with Crippen LogP contribution in [0.15, 0.2) is 24.3 Å². The Bertz CT molecular complexity index is 245. The average molecular weight is 135 g/mol. The van der Waals surface area contributed by atoms with E-state index in [1.165, 1.54) is 0 Å². The highest BCUT2D eigenvalue weighted by molar-refractivity contribution is 5.35. The van der Waals surface area contributed by atoms with Gasteiger partial charge in [-0.2, -0.15) is 0 Å². The first-order valence-electron chi connectivity index (χ1n) is 3.13. The SMILES string of the molecule is OC1O[CH]c2ccccc21. The van der Waals surface area contributed by atoms with Crippen molar-refractivity contribution in [3.8, 4) is 0 Å². The molecule has 2 nitrogen and oxygen atoms in total. The second-order valence-electron chi connectivity index (χ2n) is 2.24. The number of benzene rings is 1. The van der Waals surface area contributed by atoms with Crippen LogP contribution in [-0.2, 0) is 4.74 Å². The van der Waals surface area contributed by atoms with Crippen molar-refractivity contribution in [2.45, 2.75) is 6.29 Å². The molecule has 1 aliphatic heterocycles. The van der Waals surface area contributed by atoms with Crippen LogP contribution in [0, 0.1) is 6.61 Å². The molecule has 0 saturated heterocycles. The lowest BCUT2D eigenvalue weighted by atomic mass is 10.1. The molecule has 1 aromatic rings. The van der Waals surface area contributed by atoms with Crippen molar-refractivity contribution in [2.75, 3.05) is 0 Å². The van der Waals surface area contributed by atoms with Crippen molar-refractivity contribution in [1.29, 1.82) is 0 Å². The molecular weight excluding hydrogens is 128 g/mol.